The molecule has 0 radical (unpaired) electrons. The van der Waals surface area contributed by atoms with Gasteiger partial charge in [0.1, 0.15) is 0 Å². The summed E-state index contributed by atoms with van der Waals surface area (Å²) in [5.41, 5.74) is 5.22. The molecule has 0 aromatic rings. The summed E-state index contributed by atoms with van der Waals surface area (Å²) in [6.45, 7) is 0. The molecular formula is C3H12N5+. The third-order valence-corrected chi connectivity index (χ3v) is 0.723. The van der Waals surface area contributed by atoms with Crippen molar-refractivity contribution in [2.45, 2.75) is 0 Å². The van der Waals surface area contributed by atoms with Gasteiger partial charge in [-0.3, -0.25) is 0 Å². The maximum Gasteiger partial charge on any atom is 0.335 e. The van der Waals surface area contributed by atoms with Crippen molar-refractivity contribution in [1.29, 1.82) is 0 Å². The average molecular weight is 118 g/mol. The quantitative estimate of drug-likeness (QED) is 0.114. The molecule has 8 heavy (non-hydrogen) atoms. The molecule has 0 bridgehead atoms. The normalized spacial score (nSPS) is 14.1. The van der Waals surface area contributed by atoms with Crippen LogP contribution in [0.25, 0.3) is 0 Å². The highest BCUT2D eigenvalue weighted by Crippen LogP contribution is 1.79. The first-order chi connectivity index (χ1) is 3.48. The van der Waals surface area contributed by atoms with Gasteiger partial charge >= 0.3 is 5.96 Å². The molecule has 5 nitrogen and oxygen atoms in total. The van der Waals surface area contributed by atoms with Crippen LogP contribution >= 0.6 is 0 Å². The summed E-state index contributed by atoms with van der Waals surface area (Å²) in [7, 11) is 3.34. The van der Waals surface area contributed by atoms with Gasteiger partial charge in [-0.1, -0.05) is 0 Å². The molecule has 0 aromatic carbocycles. The molecule has 6 N–H and O–H groups in total. The molecule has 5 heteroatoms. The fourth-order valence-electron chi connectivity index (χ4n) is 0.149. The van der Waals surface area contributed by atoms with Crippen molar-refractivity contribution in [3.8, 4) is 0 Å². The van der Waals surface area contributed by atoms with Gasteiger partial charge in [0.25, 0.3) is 0 Å². The predicted octanol–water partition coefficient (Wildman–Crippen LogP) is -1.88. The van der Waals surface area contributed by atoms with Crippen LogP contribution in [0.5, 0.6) is 0 Å². The smallest absolute Gasteiger partial charge is 0.335 e. The van der Waals surface area contributed by atoms with Crippen LogP contribution in [-0.4, -0.2) is 24.6 Å². The van der Waals surface area contributed by atoms with Crippen molar-refractivity contribution < 1.29 is 4.59 Å². The van der Waals surface area contributed by atoms with Gasteiger partial charge in [-0.15, -0.1) is 5.10 Å². The molecule has 0 aliphatic heterocycles. The highest BCUT2D eigenvalue weighted by atomic mass is 15.6. The lowest BCUT2D eigenvalue weighted by Gasteiger charge is -2.18. The minimum absolute atomic E-state index is 0.0174. The van der Waals surface area contributed by atoms with E-state index in [1.165, 1.54) is 0 Å². The summed E-state index contributed by atoms with van der Waals surface area (Å²) in [6.07, 6.45) is 0. The zero-order valence-corrected chi connectivity index (χ0v) is 5.13. The van der Waals surface area contributed by atoms with Crippen LogP contribution < -0.4 is 17.4 Å². The Morgan fingerprint density at radius 1 is 1.50 bits per heavy atom. The molecule has 0 heterocycles. The topological polar surface area (TPSA) is 90.4 Å². The number of hydrogen-bond donors (Lipinski definition) is 3. The Bertz CT molecular complexity index is 98.7. The number of hydrazone groups is 1. The minimum Gasteiger partial charge on any atom is -0.335 e. The summed E-state index contributed by atoms with van der Waals surface area (Å²) in [4.78, 5) is 0. The molecule has 0 aliphatic carbocycles. The lowest BCUT2D eigenvalue weighted by Crippen LogP contribution is -2.56. The van der Waals surface area contributed by atoms with Gasteiger partial charge < -0.3 is 11.6 Å². The summed E-state index contributed by atoms with van der Waals surface area (Å²) in [5.74, 6) is 10.4. The Kier molecular flexibility index (Phi) is 1.77. The van der Waals surface area contributed by atoms with E-state index in [2.05, 4.69) is 5.10 Å². The largest absolute Gasteiger partial charge is 0.335 e. The molecule has 0 atom stereocenters. The second kappa shape index (κ2) is 1.97. The van der Waals surface area contributed by atoms with Gasteiger partial charge in [0.05, 0.1) is 14.1 Å². The average Bonchev–Trinajstić information content (AvgIpc) is 1.62. The first-order valence-electron chi connectivity index (χ1n) is 2.15. The van der Waals surface area contributed by atoms with Crippen LogP contribution in [-0.2, 0) is 0 Å². The van der Waals surface area contributed by atoms with Gasteiger partial charge in [-0.25, -0.2) is 0 Å². The summed E-state index contributed by atoms with van der Waals surface area (Å²) >= 11 is 0. The highest BCUT2D eigenvalue weighted by molar-refractivity contribution is 5.69. The number of quaternary nitrogens is 1. The molecule has 0 rings (SSSR count). The zero-order chi connectivity index (χ0) is 6.78. The fourth-order valence-corrected chi connectivity index (χ4v) is 0.149. The molecule has 0 saturated carbocycles. The Balaban J connectivity index is 4.03. The number of nitrogens with two attached hydrogens (primary N) is 3. The molecule has 0 amide bonds. The molecule has 0 fully saturated rings. The van der Waals surface area contributed by atoms with Crippen LogP contribution in [0.3, 0.4) is 0 Å². The van der Waals surface area contributed by atoms with Crippen LogP contribution in [0.4, 0.5) is 0 Å². The molecule has 0 unspecified atom stereocenters. The Hall–Kier alpha value is -0.810. The van der Waals surface area contributed by atoms with E-state index in [0.717, 1.165) is 0 Å². The van der Waals surface area contributed by atoms with E-state index in [1.807, 2.05) is 0 Å². The van der Waals surface area contributed by atoms with Crippen molar-refractivity contribution in [1.82, 2.24) is 0 Å². The maximum atomic E-state index is 5.39. The summed E-state index contributed by atoms with van der Waals surface area (Å²) in [5, 5.41) is 3.20. The van der Waals surface area contributed by atoms with E-state index in [0.29, 0.717) is 0 Å². The van der Waals surface area contributed by atoms with Gasteiger partial charge in [0, 0.05) is 0 Å². The van der Waals surface area contributed by atoms with Crippen LogP contribution in [0, 0.1) is 0 Å². The number of nitrogens with zero attached hydrogens (tertiary/aromatic N) is 2. The van der Waals surface area contributed by atoms with E-state index in [4.69, 9.17) is 17.4 Å². The van der Waals surface area contributed by atoms with Crippen molar-refractivity contribution in [3.05, 3.63) is 0 Å². The monoisotopic (exact) mass is 118 g/mol. The molecule has 0 aromatic heterocycles. The second-order valence-electron chi connectivity index (χ2n) is 2.03. The number of hydrogen-bond acceptors (Lipinski definition) is 3. The van der Waals surface area contributed by atoms with E-state index >= 15 is 0 Å². The standard InChI is InChI=1S/C3H12N5/c1-8(2,6)3(4)7-5/h5-6H2,1-2H3,(H2,4,7)/q+1. The molecular weight excluding hydrogens is 106 g/mol. The lowest BCUT2D eigenvalue weighted by molar-refractivity contribution is -0.813. The van der Waals surface area contributed by atoms with E-state index in [-0.39, 0.29) is 10.6 Å². The van der Waals surface area contributed by atoms with E-state index < -0.39 is 0 Å². The van der Waals surface area contributed by atoms with Crippen molar-refractivity contribution in [2.24, 2.45) is 22.5 Å². The summed E-state index contributed by atoms with van der Waals surface area (Å²) in [6, 6.07) is 0. The lowest BCUT2D eigenvalue weighted by atomic mass is 10.8. The fraction of sp³-hybridized carbons (Fsp3) is 0.667. The second-order valence-corrected chi connectivity index (χ2v) is 2.03. The Morgan fingerprint density at radius 2 is 1.88 bits per heavy atom. The van der Waals surface area contributed by atoms with Crippen LogP contribution in [0.2, 0.25) is 0 Å². The Morgan fingerprint density at radius 3 is 1.88 bits per heavy atom. The predicted molar refractivity (Wildman–Crippen MR) is 32.1 cm³/mol. The first kappa shape index (κ1) is 7.19. The molecule has 48 valence electrons. The van der Waals surface area contributed by atoms with Crippen molar-refractivity contribution in [3.63, 3.8) is 0 Å². The summed E-state index contributed by atoms with van der Waals surface area (Å²) < 4.78 is -0.0174. The van der Waals surface area contributed by atoms with E-state index in [9.17, 15) is 0 Å². The molecule has 0 aliphatic rings. The molecule has 0 saturated heterocycles. The van der Waals surface area contributed by atoms with Gasteiger partial charge in [0.15, 0.2) is 0 Å². The zero-order valence-electron chi connectivity index (χ0n) is 5.13. The van der Waals surface area contributed by atoms with Gasteiger partial charge in [-0.2, -0.15) is 10.4 Å². The SMILES string of the molecule is C[N+](C)(N)/C(N)=N\N. The number of rotatable bonds is 0. The van der Waals surface area contributed by atoms with Gasteiger partial charge in [0.2, 0.25) is 0 Å². The number of guanidine groups is 1. The maximum absolute atomic E-state index is 5.39. The van der Waals surface area contributed by atoms with Crippen molar-refractivity contribution >= 4 is 5.96 Å². The molecule has 0 spiro atoms. The van der Waals surface area contributed by atoms with E-state index in [1.54, 1.807) is 14.1 Å². The third-order valence-electron chi connectivity index (χ3n) is 0.723. The third kappa shape index (κ3) is 1.76. The first-order valence-corrected chi connectivity index (χ1v) is 2.15. The van der Waals surface area contributed by atoms with Gasteiger partial charge in [-0.05, 0) is 0 Å². The minimum atomic E-state index is -0.0174. The van der Waals surface area contributed by atoms with Crippen molar-refractivity contribution in [2.75, 3.05) is 14.1 Å². The van der Waals surface area contributed by atoms with Crippen LogP contribution in [0.1, 0.15) is 0 Å². The highest BCUT2D eigenvalue weighted by Gasteiger charge is 2.13. The van der Waals surface area contributed by atoms with Crippen LogP contribution in [0.15, 0.2) is 5.10 Å². The Labute approximate surface area is 48.3 Å².